The Bertz CT molecular complexity index is 500. The van der Waals surface area contributed by atoms with E-state index in [2.05, 4.69) is 42.5 Å². The fourth-order valence-electron chi connectivity index (χ4n) is 4.06. The second-order valence-electron chi connectivity index (χ2n) is 5.52. The molecule has 0 bridgehead atoms. The summed E-state index contributed by atoms with van der Waals surface area (Å²) in [5.41, 5.74) is 2.67. The van der Waals surface area contributed by atoms with Crippen molar-refractivity contribution < 1.29 is 5.11 Å². The number of allylic oxidation sites excluding steroid dienone is 3. The lowest BCUT2D eigenvalue weighted by Crippen LogP contribution is -2.18. The molecule has 3 aliphatic rings. The zero-order valence-electron chi connectivity index (χ0n) is 9.66. The van der Waals surface area contributed by atoms with Crippen LogP contribution in [0.5, 0.6) is 0 Å². The number of benzene rings is 1. The van der Waals surface area contributed by atoms with Crippen LogP contribution in [0.2, 0.25) is 0 Å². The molecule has 1 nitrogen and oxygen atoms in total. The van der Waals surface area contributed by atoms with Crippen LogP contribution < -0.4 is 0 Å². The molecular weight excluding hydrogens is 208 g/mol. The van der Waals surface area contributed by atoms with Crippen molar-refractivity contribution in [2.75, 3.05) is 0 Å². The van der Waals surface area contributed by atoms with Gasteiger partial charge >= 0.3 is 0 Å². The van der Waals surface area contributed by atoms with Crippen LogP contribution in [0.15, 0.2) is 48.6 Å². The van der Waals surface area contributed by atoms with Crippen LogP contribution in [0.25, 0.3) is 5.57 Å². The molecule has 0 aliphatic heterocycles. The van der Waals surface area contributed by atoms with Crippen LogP contribution >= 0.6 is 0 Å². The van der Waals surface area contributed by atoms with Gasteiger partial charge in [-0.3, -0.25) is 0 Å². The highest BCUT2D eigenvalue weighted by Gasteiger charge is 2.51. The van der Waals surface area contributed by atoms with E-state index in [9.17, 15) is 5.11 Å². The minimum atomic E-state index is -0.147. The van der Waals surface area contributed by atoms with Crippen molar-refractivity contribution >= 4 is 5.57 Å². The van der Waals surface area contributed by atoms with Crippen molar-refractivity contribution in [2.24, 2.45) is 23.7 Å². The number of aliphatic hydroxyl groups excluding tert-OH is 1. The fraction of sp³-hybridized carbons (Fsp3) is 0.375. The van der Waals surface area contributed by atoms with E-state index >= 15 is 0 Å². The van der Waals surface area contributed by atoms with E-state index in [4.69, 9.17) is 0 Å². The Labute approximate surface area is 101 Å². The molecule has 3 aliphatic carbocycles. The quantitative estimate of drug-likeness (QED) is 0.727. The maximum atomic E-state index is 10.3. The normalized spacial score (nSPS) is 41.7. The third kappa shape index (κ3) is 1.23. The molecule has 17 heavy (non-hydrogen) atoms. The Balaban J connectivity index is 1.80. The zero-order chi connectivity index (χ0) is 11.4. The van der Waals surface area contributed by atoms with Gasteiger partial charge in [0.25, 0.3) is 0 Å². The molecule has 0 amide bonds. The van der Waals surface area contributed by atoms with Crippen molar-refractivity contribution in [1.29, 1.82) is 0 Å². The fourth-order valence-corrected chi connectivity index (χ4v) is 4.06. The first-order valence-electron chi connectivity index (χ1n) is 6.48. The lowest BCUT2D eigenvalue weighted by Gasteiger charge is -2.19. The van der Waals surface area contributed by atoms with Crippen LogP contribution in [-0.4, -0.2) is 11.2 Å². The summed E-state index contributed by atoms with van der Waals surface area (Å²) >= 11 is 0. The van der Waals surface area contributed by atoms with Gasteiger partial charge in [0.15, 0.2) is 0 Å². The summed E-state index contributed by atoms with van der Waals surface area (Å²) < 4.78 is 0. The number of rotatable bonds is 1. The molecule has 1 N–H and O–H groups in total. The molecule has 0 unspecified atom stereocenters. The predicted octanol–water partition coefficient (Wildman–Crippen LogP) is 2.88. The Kier molecular flexibility index (Phi) is 1.89. The molecule has 1 aromatic rings. The highest BCUT2D eigenvalue weighted by atomic mass is 16.3. The van der Waals surface area contributed by atoms with Crippen molar-refractivity contribution in [3.05, 3.63) is 54.1 Å². The molecule has 0 radical (unpaired) electrons. The molecule has 1 heteroatoms. The predicted molar refractivity (Wildman–Crippen MR) is 68.1 cm³/mol. The van der Waals surface area contributed by atoms with Gasteiger partial charge in [0.1, 0.15) is 0 Å². The topological polar surface area (TPSA) is 20.2 Å². The molecule has 1 fully saturated rings. The highest BCUT2D eigenvalue weighted by molar-refractivity contribution is 5.72. The summed E-state index contributed by atoms with van der Waals surface area (Å²) in [4.78, 5) is 0. The smallest absolute Gasteiger partial charge is 0.0617 e. The second kappa shape index (κ2) is 3.33. The average Bonchev–Trinajstić information content (AvgIpc) is 2.98. The Morgan fingerprint density at radius 3 is 2.71 bits per heavy atom. The van der Waals surface area contributed by atoms with E-state index in [0.717, 1.165) is 6.42 Å². The Morgan fingerprint density at radius 2 is 1.88 bits per heavy atom. The molecule has 0 saturated heterocycles. The molecule has 5 atom stereocenters. The molecule has 0 aromatic heterocycles. The van der Waals surface area contributed by atoms with Gasteiger partial charge in [-0.1, -0.05) is 48.6 Å². The first-order chi connectivity index (χ1) is 8.34. The number of hydrogen-bond donors (Lipinski definition) is 1. The van der Waals surface area contributed by atoms with E-state index in [1.54, 1.807) is 0 Å². The van der Waals surface area contributed by atoms with Gasteiger partial charge in [0, 0.05) is 5.92 Å². The first-order valence-corrected chi connectivity index (χ1v) is 6.48. The molecule has 86 valence electrons. The van der Waals surface area contributed by atoms with Crippen LogP contribution in [0.3, 0.4) is 0 Å². The van der Waals surface area contributed by atoms with Gasteiger partial charge in [-0.05, 0) is 35.3 Å². The summed E-state index contributed by atoms with van der Waals surface area (Å²) in [5.74, 6) is 2.18. The van der Waals surface area contributed by atoms with E-state index < -0.39 is 0 Å². The third-order valence-corrected chi connectivity index (χ3v) is 4.70. The molecular formula is C16H16O. The maximum Gasteiger partial charge on any atom is 0.0617 e. The van der Waals surface area contributed by atoms with Gasteiger partial charge in [-0.25, -0.2) is 0 Å². The molecule has 0 spiro atoms. The molecule has 4 rings (SSSR count). The summed E-state index contributed by atoms with van der Waals surface area (Å²) in [5, 5.41) is 10.3. The Morgan fingerprint density at radius 1 is 1.06 bits per heavy atom. The van der Waals surface area contributed by atoms with Crippen LogP contribution in [0.4, 0.5) is 0 Å². The van der Waals surface area contributed by atoms with E-state index in [1.807, 2.05) is 6.07 Å². The minimum Gasteiger partial charge on any atom is -0.392 e. The van der Waals surface area contributed by atoms with Gasteiger partial charge in [0.05, 0.1) is 6.10 Å². The first kappa shape index (κ1) is 9.67. The van der Waals surface area contributed by atoms with Gasteiger partial charge in [-0.15, -0.1) is 0 Å². The lowest BCUT2D eigenvalue weighted by molar-refractivity contribution is 0.146. The summed E-state index contributed by atoms with van der Waals surface area (Å²) in [6, 6.07) is 10.5. The van der Waals surface area contributed by atoms with Crippen LogP contribution in [0, 0.1) is 23.7 Å². The minimum absolute atomic E-state index is 0.147. The second-order valence-corrected chi connectivity index (χ2v) is 5.52. The molecule has 1 aromatic carbocycles. The maximum absolute atomic E-state index is 10.3. The molecule has 0 heterocycles. The van der Waals surface area contributed by atoms with E-state index in [1.165, 1.54) is 11.1 Å². The monoisotopic (exact) mass is 224 g/mol. The standard InChI is InChI=1S/C16H16O/c17-14-9-12-7-6-11-8-13(16(14)15(11)12)10-4-2-1-3-5-10/h1-8,11-12,14-17H,9H2/t11-,12-,14-,15-,16+/m1/s1. The van der Waals surface area contributed by atoms with Gasteiger partial charge in [-0.2, -0.15) is 0 Å². The Hall–Kier alpha value is -1.34. The summed E-state index contributed by atoms with van der Waals surface area (Å²) in [6.07, 6.45) is 7.84. The van der Waals surface area contributed by atoms with E-state index in [-0.39, 0.29) is 6.10 Å². The lowest BCUT2D eigenvalue weighted by atomic mass is 9.86. The van der Waals surface area contributed by atoms with Crippen LogP contribution in [-0.2, 0) is 0 Å². The van der Waals surface area contributed by atoms with Crippen molar-refractivity contribution in [3.63, 3.8) is 0 Å². The zero-order valence-corrected chi connectivity index (χ0v) is 9.66. The van der Waals surface area contributed by atoms with Gasteiger partial charge in [0.2, 0.25) is 0 Å². The van der Waals surface area contributed by atoms with Crippen molar-refractivity contribution in [1.82, 2.24) is 0 Å². The van der Waals surface area contributed by atoms with Crippen molar-refractivity contribution in [2.45, 2.75) is 12.5 Å². The summed E-state index contributed by atoms with van der Waals surface area (Å²) in [6.45, 7) is 0. The van der Waals surface area contributed by atoms with E-state index in [0.29, 0.717) is 23.7 Å². The van der Waals surface area contributed by atoms with Gasteiger partial charge < -0.3 is 5.11 Å². The van der Waals surface area contributed by atoms with Crippen LogP contribution in [0.1, 0.15) is 12.0 Å². The molecule has 1 saturated carbocycles. The summed E-state index contributed by atoms with van der Waals surface area (Å²) in [7, 11) is 0. The SMILES string of the molecule is O[C@@H]1C[C@H]2C=C[C@@H]3C=C(c4ccccc4)[C@@H]1[C@H]32. The third-order valence-electron chi connectivity index (χ3n) is 4.70. The van der Waals surface area contributed by atoms with Crippen molar-refractivity contribution in [3.8, 4) is 0 Å². The largest absolute Gasteiger partial charge is 0.392 e. The highest BCUT2D eigenvalue weighted by Crippen LogP contribution is 2.57. The average molecular weight is 224 g/mol. The number of aliphatic hydroxyl groups is 1. The number of hydrogen-bond acceptors (Lipinski definition) is 1.